The Hall–Kier alpha value is -2.09. The lowest BCUT2D eigenvalue weighted by Crippen LogP contribution is -2.36. The summed E-state index contributed by atoms with van der Waals surface area (Å²) in [6, 6.07) is 0. The molecule has 0 aromatic carbocycles. The number of imidazole rings is 1. The summed E-state index contributed by atoms with van der Waals surface area (Å²) >= 11 is 0. The van der Waals surface area contributed by atoms with Crippen molar-refractivity contribution in [1.29, 1.82) is 0 Å². The molecular weight excluding hydrogens is 274 g/mol. The molecule has 0 amide bonds. The molecule has 0 bridgehead atoms. The van der Waals surface area contributed by atoms with Gasteiger partial charge in [-0.15, -0.1) is 0 Å². The van der Waals surface area contributed by atoms with E-state index in [1.165, 1.54) is 11.6 Å². The third kappa shape index (κ3) is 2.46. The van der Waals surface area contributed by atoms with Crippen LogP contribution in [-0.4, -0.2) is 38.9 Å². The first-order valence-electron chi connectivity index (χ1n) is 7.05. The highest BCUT2D eigenvalue weighted by atomic mass is 16.5. The van der Waals surface area contributed by atoms with Crippen molar-refractivity contribution in [2.24, 2.45) is 20.0 Å². The number of aromatic amines is 1. The van der Waals surface area contributed by atoms with Crippen LogP contribution in [0.5, 0.6) is 0 Å². The second-order valence-electron chi connectivity index (χ2n) is 5.43. The molecule has 1 aliphatic heterocycles. The van der Waals surface area contributed by atoms with Gasteiger partial charge in [-0.05, 0) is 18.8 Å². The number of hydrogen-bond donors (Lipinski definition) is 2. The third-order valence-corrected chi connectivity index (χ3v) is 3.96. The van der Waals surface area contributed by atoms with Gasteiger partial charge in [0.15, 0.2) is 11.2 Å². The summed E-state index contributed by atoms with van der Waals surface area (Å²) in [6.07, 6.45) is 2.09. The molecule has 1 fully saturated rings. The zero-order valence-corrected chi connectivity index (χ0v) is 12.2. The molecule has 3 rings (SSSR count). The molecule has 1 aliphatic rings. The number of nitrogens with one attached hydrogen (secondary N) is 2. The summed E-state index contributed by atoms with van der Waals surface area (Å²) < 4.78 is 7.77. The number of hydrogen-bond acceptors (Lipinski definition) is 5. The number of fused-ring (bicyclic) bond motifs is 1. The van der Waals surface area contributed by atoms with Crippen LogP contribution in [0, 0.1) is 5.92 Å². The Morgan fingerprint density at radius 3 is 2.90 bits per heavy atom. The minimum Gasteiger partial charge on any atom is -0.381 e. The molecule has 8 heteroatoms. The molecule has 0 aliphatic carbocycles. The average Bonchev–Trinajstić information content (AvgIpc) is 3.12. The molecule has 2 N–H and O–H groups in total. The van der Waals surface area contributed by atoms with E-state index in [0.29, 0.717) is 23.0 Å². The maximum atomic E-state index is 12.0. The van der Waals surface area contributed by atoms with E-state index in [2.05, 4.69) is 15.3 Å². The average molecular weight is 293 g/mol. The van der Waals surface area contributed by atoms with Gasteiger partial charge in [0.25, 0.3) is 5.56 Å². The number of H-pyrrole nitrogens is 1. The Bertz CT molecular complexity index is 766. The van der Waals surface area contributed by atoms with Gasteiger partial charge in [-0.3, -0.25) is 13.9 Å². The summed E-state index contributed by atoms with van der Waals surface area (Å²) in [5.41, 5.74) is -0.0346. The maximum Gasteiger partial charge on any atom is 0.332 e. The first-order valence-corrected chi connectivity index (χ1v) is 7.05. The first-order chi connectivity index (χ1) is 10.1. The second kappa shape index (κ2) is 5.36. The Labute approximate surface area is 120 Å². The monoisotopic (exact) mass is 293 g/mol. The van der Waals surface area contributed by atoms with Crippen LogP contribution in [-0.2, 0) is 18.8 Å². The summed E-state index contributed by atoms with van der Waals surface area (Å²) in [7, 11) is 3.06. The third-order valence-electron chi connectivity index (χ3n) is 3.96. The van der Waals surface area contributed by atoms with Gasteiger partial charge in [0.1, 0.15) is 0 Å². The number of rotatable bonds is 4. The standard InChI is InChI=1S/C13H19N5O3/c1-17-10-9(11(19)18(2)13(17)20)15-12(16-10)14-5-3-8-4-6-21-7-8/h8H,3-7H2,1-2H3,(H2,14,15,16). The van der Waals surface area contributed by atoms with E-state index in [4.69, 9.17) is 4.74 Å². The van der Waals surface area contributed by atoms with Crippen LogP contribution in [0.25, 0.3) is 11.2 Å². The zero-order valence-electron chi connectivity index (χ0n) is 12.2. The number of nitrogens with zero attached hydrogens (tertiary/aromatic N) is 3. The lowest BCUT2D eigenvalue weighted by molar-refractivity contribution is 0.185. The van der Waals surface area contributed by atoms with Gasteiger partial charge >= 0.3 is 5.69 Å². The molecule has 3 heterocycles. The molecule has 2 aromatic heterocycles. The highest BCUT2D eigenvalue weighted by Crippen LogP contribution is 2.16. The van der Waals surface area contributed by atoms with Gasteiger partial charge in [-0.1, -0.05) is 0 Å². The van der Waals surface area contributed by atoms with Crippen molar-refractivity contribution in [1.82, 2.24) is 19.1 Å². The molecular formula is C13H19N5O3. The van der Waals surface area contributed by atoms with Crippen LogP contribution in [0.3, 0.4) is 0 Å². The van der Waals surface area contributed by atoms with Gasteiger partial charge in [0.2, 0.25) is 5.95 Å². The summed E-state index contributed by atoms with van der Waals surface area (Å²) in [5, 5.41) is 3.17. The van der Waals surface area contributed by atoms with Gasteiger partial charge in [0.05, 0.1) is 0 Å². The van der Waals surface area contributed by atoms with E-state index in [1.54, 1.807) is 7.05 Å². The van der Waals surface area contributed by atoms with Crippen LogP contribution in [0.1, 0.15) is 12.8 Å². The van der Waals surface area contributed by atoms with Gasteiger partial charge in [-0.25, -0.2) is 4.79 Å². The fourth-order valence-electron chi connectivity index (χ4n) is 2.62. The lowest BCUT2D eigenvalue weighted by atomic mass is 10.1. The topological polar surface area (TPSA) is 93.9 Å². The quantitative estimate of drug-likeness (QED) is 0.814. The molecule has 0 radical (unpaired) electrons. The summed E-state index contributed by atoms with van der Waals surface area (Å²) in [6.45, 7) is 2.41. The largest absolute Gasteiger partial charge is 0.381 e. The van der Waals surface area contributed by atoms with E-state index >= 15 is 0 Å². The fourth-order valence-corrected chi connectivity index (χ4v) is 2.62. The lowest BCUT2D eigenvalue weighted by Gasteiger charge is -2.07. The van der Waals surface area contributed by atoms with Gasteiger partial charge < -0.3 is 15.0 Å². The molecule has 2 aromatic rings. The predicted octanol–water partition coefficient (Wildman–Crippen LogP) is -0.201. The van der Waals surface area contributed by atoms with Crippen molar-refractivity contribution in [3.05, 3.63) is 20.8 Å². The van der Waals surface area contributed by atoms with E-state index in [-0.39, 0.29) is 11.2 Å². The first kappa shape index (κ1) is 13.9. The van der Waals surface area contributed by atoms with Crippen LogP contribution >= 0.6 is 0 Å². The molecule has 1 atom stereocenters. The van der Waals surface area contributed by atoms with Crippen molar-refractivity contribution in [3.8, 4) is 0 Å². The Kier molecular flexibility index (Phi) is 3.54. The Morgan fingerprint density at radius 1 is 1.38 bits per heavy atom. The fraction of sp³-hybridized carbons (Fsp3) is 0.615. The number of ether oxygens (including phenoxy) is 1. The van der Waals surface area contributed by atoms with Crippen molar-refractivity contribution in [3.63, 3.8) is 0 Å². The van der Waals surface area contributed by atoms with E-state index in [1.807, 2.05) is 0 Å². The molecule has 21 heavy (non-hydrogen) atoms. The van der Waals surface area contributed by atoms with E-state index in [0.717, 1.165) is 37.2 Å². The minimum absolute atomic E-state index is 0.339. The number of anilines is 1. The molecule has 8 nitrogen and oxygen atoms in total. The van der Waals surface area contributed by atoms with Crippen molar-refractivity contribution < 1.29 is 4.74 Å². The van der Waals surface area contributed by atoms with E-state index in [9.17, 15) is 9.59 Å². The summed E-state index contributed by atoms with van der Waals surface area (Å²) in [5.74, 6) is 1.10. The molecule has 0 saturated carbocycles. The molecule has 1 unspecified atom stereocenters. The van der Waals surface area contributed by atoms with Crippen molar-refractivity contribution >= 4 is 17.1 Å². The predicted molar refractivity (Wildman–Crippen MR) is 78.6 cm³/mol. The molecule has 114 valence electrons. The van der Waals surface area contributed by atoms with Crippen LogP contribution in [0.4, 0.5) is 5.95 Å². The Balaban J connectivity index is 1.81. The highest BCUT2D eigenvalue weighted by Gasteiger charge is 2.16. The normalized spacial score (nSPS) is 18.5. The Morgan fingerprint density at radius 2 is 2.19 bits per heavy atom. The van der Waals surface area contributed by atoms with Gasteiger partial charge in [-0.2, -0.15) is 4.98 Å². The van der Waals surface area contributed by atoms with Crippen LogP contribution < -0.4 is 16.6 Å². The van der Waals surface area contributed by atoms with E-state index < -0.39 is 0 Å². The smallest absolute Gasteiger partial charge is 0.332 e. The van der Waals surface area contributed by atoms with Crippen LogP contribution in [0.15, 0.2) is 9.59 Å². The maximum absolute atomic E-state index is 12.0. The zero-order chi connectivity index (χ0) is 15.0. The van der Waals surface area contributed by atoms with Crippen molar-refractivity contribution in [2.75, 3.05) is 25.1 Å². The SMILES string of the molecule is Cn1c(=O)c2[nH]c(NCCC3CCOC3)nc2n(C)c1=O. The number of aryl methyl sites for hydroxylation is 1. The summed E-state index contributed by atoms with van der Waals surface area (Å²) in [4.78, 5) is 31.1. The van der Waals surface area contributed by atoms with Crippen LogP contribution in [0.2, 0.25) is 0 Å². The molecule has 0 spiro atoms. The highest BCUT2D eigenvalue weighted by molar-refractivity contribution is 5.72. The minimum atomic E-state index is -0.381. The molecule has 1 saturated heterocycles. The van der Waals surface area contributed by atoms with Gasteiger partial charge in [0, 0.05) is 33.9 Å². The van der Waals surface area contributed by atoms with Crippen molar-refractivity contribution in [2.45, 2.75) is 12.8 Å². The number of aromatic nitrogens is 4. The second-order valence-corrected chi connectivity index (χ2v) is 5.43.